The molecule has 3 saturated carbocycles. The highest BCUT2D eigenvalue weighted by molar-refractivity contribution is 5.81. The molecule has 0 radical (unpaired) electrons. The van der Waals surface area contributed by atoms with Gasteiger partial charge in [-0.2, -0.15) is 0 Å². The van der Waals surface area contributed by atoms with Gasteiger partial charge in [-0.25, -0.2) is 4.79 Å². The molecule has 106 valence electrons. The van der Waals surface area contributed by atoms with E-state index in [0.717, 1.165) is 30.6 Å². The maximum absolute atomic E-state index is 11.8. The molecule has 0 heterocycles. The number of hydrogen-bond acceptors (Lipinski definition) is 2. The first kappa shape index (κ1) is 13.2. The molecule has 5 atom stereocenters. The highest BCUT2D eigenvalue weighted by Gasteiger charge is 2.58. The second-order valence-electron chi connectivity index (χ2n) is 6.81. The quantitative estimate of drug-likeness (QED) is 0.565. The van der Waals surface area contributed by atoms with E-state index < -0.39 is 0 Å². The molecule has 3 rings (SSSR count). The van der Waals surface area contributed by atoms with Crippen molar-refractivity contribution in [1.29, 1.82) is 0 Å². The molecule has 0 amide bonds. The highest BCUT2D eigenvalue weighted by Crippen LogP contribution is 2.60. The largest absolute Gasteiger partial charge is 0.456 e. The Bertz CT molecular complexity index is 373. The maximum atomic E-state index is 11.8. The molecule has 0 aliphatic heterocycles. The average molecular weight is 262 g/mol. The number of ether oxygens (including phenoxy) is 1. The predicted molar refractivity (Wildman–Crippen MR) is 75.6 cm³/mol. The molecule has 0 saturated heterocycles. The second-order valence-corrected chi connectivity index (χ2v) is 6.81. The van der Waals surface area contributed by atoms with E-state index in [2.05, 4.69) is 13.5 Å². The molecule has 0 aromatic rings. The van der Waals surface area contributed by atoms with Crippen molar-refractivity contribution < 1.29 is 9.53 Å². The number of esters is 1. The summed E-state index contributed by atoms with van der Waals surface area (Å²) in [6.07, 6.45) is 11.5. The summed E-state index contributed by atoms with van der Waals surface area (Å²) in [5.74, 6) is 2.95. The SMILES string of the molecule is C=CC(=O)OC1(CC)CC2CCCC3CCCC1C32. The Morgan fingerprint density at radius 3 is 2.63 bits per heavy atom. The molecule has 2 nitrogen and oxygen atoms in total. The third-order valence-electron chi connectivity index (χ3n) is 6.15. The fourth-order valence-electron chi connectivity index (χ4n) is 5.48. The Morgan fingerprint density at radius 1 is 1.26 bits per heavy atom. The van der Waals surface area contributed by atoms with Crippen molar-refractivity contribution in [3.05, 3.63) is 12.7 Å². The zero-order valence-corrected chi connectivity index (χ0v) is 12.1. The fourth-order valence-corrected chi connectivity index (χ4v) is 5.48. The van der Waals surface area contributed by atoms with E-state index in [1.807, 2.05) is 0 Å². The van der Waals surface area contributed by atoms with Crippen molar-refractivity contribution in [2.75, 3.05) is 0 Å². The smallest absolute Gasteiger partial charge is 0.330 e. The van der Waals surface area contributed by atoms with Gasteiger partial charge >= 0.3 is 5.97 Å². The molecule has 0 spiro atoms. The van der Waals surface area contributed by atoms with Crippen LogP contribution >= 0.6 is 0 Å². The van der Waals surface area contributed by atoms with Gasteiger partial charge in [-0.15, -0.1) is 0 Å². The lowest BCUT2D eigenvalue weighted by molar-refractivity contribution is -0.161. The molecule has 0 aromatic heterocycles. The van der Waals surface area contributed by atoms with Gasteiger partial charge in [0.05, 0.1) is 0 Å². The Morgan fingerprint density at radius 2 is 1.95 bits per heavy atom. The van der Waals surface area contributed by atoms with Gasteiger partial charge in [0.2, 0.25) is 0 Å². The minimum absolute atomic E-state index is 0.177. The number of carbonyl (C=O) groups is 1. The second kappa shape index (κ2) is 4.96. The minimum Gasteiger partial charge on any atom is -0.456 e. The van der Waals surface area contributed by atoms with Gasteiger partial charge < -0.3 is 4.74 Å². The standard InChI is InChI=1S/C17H26O2/c1-3-15(18)19-17(4-2)11-13-9-5-7-12-8-6-10-14(17)16(12)13/h3,12-14,16H,1,4-11H2,2H3. The van der Waals surface area contributed by atoms with Crippen LogP contribution in [-0.4, -0.2) is 11.6 Å². The molecule has 19 heavy (non-hydrogen) atoms. The summed E-state index contributed by atoms with van der Waals surface area (Å²) >= 11 is 0. The van der Waals surface area contributed by atoms with Crippen molar-refractivity contribution >= 4 is 5.97 Å². The van der Waals surface area contributed by atoms with E-state index >= 15 is 0 Å². The van der Waals surface area contributed by atoms with Crippen molar-refractivity contribution in [2.45, 2.75) is 63.9 Å². The van der Waals surface area contributed by atoms with E-state index in [0.29, 0.717) is 5.92 Å². The molecule has 3 aliphatic rings. The van der Waals surface area contributed by atoms with Crippen LogP contribution in [0.3, 0.4) is 0 Å². The zero-order chi connectivity index (χ0) is 13.5. The van der Waals surface area contributed by atoms with Gasteiger partial charge in [-0.1, -0.05) is 45.6 Å². The normalized spacial score (nSPS) is 44.5. The Labute approximate surface area is 116 Å². The topological polar surface area (TPSA) is 26.3 Å². The van der Waals surface area contributed by atoms with Crippen LogP contribution in [0.25, 0.3) is 0 Å². The highest BCUT2D eigenvalue weighted by atomic mass is 16.6. The van der Waals surface area contributed by atoms with Crippen LogP contribution < -0.4 is 0 Å². The molecular weight excluding hydrogens is 236 g/mol. The van der Waals surface area contributed by atoms with Gasteiger partial charge in [-0.05, 0) is 37.0 Å². The van der Waals surface area contributed by atoms with E-state index in [1.54, 1.807) is 0 Å². The molecule has 0 aromatic carbocycles. The van der Waals surface area contributed by atoms with Gasteiger partial charge in [-0.3, -0.25) is 0 Å². The lowest BCUT2D eigenvalue weighted by Crippen LogP contribution is -2.42. The Kier molecular flexibility index (Phi) is 3.44. The monoisotopic (exact) mass is 262 g/mol. The predicted octanol–water partition coefficient (Wildman–Crippen LogP) is 4.10. The summed E-state index contributed by atoms with van der Waals surface area (Å²) in [6.45, 7) is 5.76. The first-order valence-corrected chi connectivity index (χ1v) is 8.05. The molecule has 3 aliphatic carbocycles. The van der Waals surface area contributed by atoms with Crippen LogP contribution in [-0.2, 0) is 9.53 Å². The Balaban J connectivity index is 1.89. The van der Waals surface area contributed by atoms with Gasteiger partial charge in [0.15, 0.2) is 0 Å². The molecular formula is C17H26O2. The van der Waals surface area contributed by atoms with Gasteiger partial charge in [0.1, 0.15) is 5.60 Å². The van der Waals surface area contributed by atoms with E-state index in [4.69, 9.17) is 4.74 Å². The van der Waals surface area contributed by atoms with E-state index in [9.17, 15) is 4.79 Å². The fraction of sp³-hybridized carbons (Fsp3) is 0.824. The van der Waals surface area contributed by atoms with Crippen molar-refractivity contribution in [3.63, 3.8) is 0 Å². The summed E-state index contributed by atoms with van der Waals surface area (Å²) in [5, 5.41) is 0. The van der Waals surface area contributed by atoms with E-state index in [-0.39, 0.29) is 11.6 Å². The van der Waals surface area contributed by atoms with Crippen LogP contribution in [0.15, 0.2) is 12.7 Å². The number of carbonyl (C=O) groups excluding carboxylic acids is 1. The molecule has 5 unspecified atom stereocenters. The minimum atomic E-state index is -0.220. The van der Waals surface area contributed by atoms with Crippen LogP contribution in [0.2, 0.25) is 0 Å². The van der Waals surface area contributed by atoms with Crippen molar-refractivity contribution in [2.24, 2.45) is 23.7 Å². The van der Waals surface area contributed by atoms with Gasteiger partial charge in [0, 0.05) is 12.0 Å². The lowest BCUT2D eigenvalue weighted by Gasteiger charge is -2.43. The third-order valence-corrected chi connectivity index (χ3v) is 6.15. The van der Waals surface area contributed by atoms with Crippen molar-refractivity contribution in [3.8, 4) is 0 Å². The van der Waals surface area contributed by atoms with Crippen LogP contribution in [0.1, 0.15) is 58.3 Å². The zero-order valence-electron chi connectivity index (χ0n) is 12.1. The van der Waals surface area contributed by atoms with Crippen LogP contribution in [0, 0.1) is 23.7 Å². The summed E-state index contributed by atoms with van der Waals surface area (Å²) in [5.41, 5.74) is -0.177. The summed E-state index contributed by atoms with van der Waals surface area (Å²) in [4.78, 5) is 11.8. The first-order valence-electron chi connectivity index (χ1n) is 8.05. The molecule has 0 bridgehead atoms. The Hall–Kier alpha value is -0.790. The average Bonchev–Trinajstić information content (AvgIpc) is 2.76. The summed E-state index contributed by atoms with van der Waals surface area (Å²) < 4.78 is 5.92. The van der Waals surface area contributed by atoms with E-state index in [1.165, 1.54) is 44.6 Å². The number of hydrogen-bond donors (Lipinski definition) is 0. The van der Waals surface area contributed by atoms with Crippen molar-refractivity contribution in [1.82, 2.24) is 0 Å². The molecule has 3 fully saturated rings. The van der Waals surface area contributed by atoms with Gasteiger partial charge in [0.25, 0.3) is 0 Å². The van der Waals surface area contributed by atoms with Crippen LogP contribution in [0.5, 0.6) is 0 Å². The molecule has 2 heteroatoms. The summed E-state index contributed by atoms with van der Waals surface area (Å²) in [6, 6.07) is 0. The lowest BCUT2D eigenvalue weighted by atomic mass is 9.63. The molecule has 0 N–H and O–H groups in total. The van der Waals surface area contributed by atoms with Crippen LogP contribution in [0.4, 0.5) is 0 Å². The number of rotatable bonds is 3. The maximum Gasteiger partial charge on any atom is 0.330 e. The third kappa shape index (κ3) is 2.04. The first-order chi connectivity index (χ1) is 9.20. The summed E-state index contributed by atoms with van der Waals surface area (Å²) in [7, 11) is 0.